The number of nitriles is 1. The van der Waals surface area contributed by atoms with Gasteiger partial charge in [0.05, 0.1) is 32.6 Å². The molecule has 0 radical (unpaired) electrons. The highest BCUT2D eigenvalue weighted by Crippen LogP contribution is 2.52. The van der Waals surface area contributed by atoms with Crippen LogP contribution in [0.15, 0.2) is 17.0 Å². The van der Waals surface area contributed by atoms with Gasteiger partial charge in [0.2, 0.25) is 0 Å². The molecule has 0 saturated carbocycles. The maximum absolute atomic E-state index is 13.8. The van der Waals surface area contributed by atoms with Gasteiger partial charge in [0, 0.05) is 5.75 Å². The van der Waals surface area contributed by atoms with Gasteiger partial charge in [-0.2, -0.15) is 27.9 Å². The van der Waals surface area contributed by atoms with Crippen molar-refractivity contribution in [3.63, 3.8) is 0 Å². The fraction of sp³-hybridized carbons (Fsp3) is 0.286. The minimum Gasteiger partial charge on any atom is -0.383 e. The summed E-state index contributed by atoms with van der Waals surface area (Å²) in [5.74, 6) is -0.141. The van der Waals surface area contributed by atoms with Gasteiger partial charge in [0.25, 0.3) is 0 Å². The number of nitrogen functional groups attached to an aromatic ring is 1. The molecule has 26 heavy (non-hydrogen) atoms. The van der Waals surface area contributed by atoms with Crippen LogP contribution >= 0.6 is 11.6 Å². The van der Waals surface area contributed by atoms with Gasteiger partial charge < -0.3 is 5.73 Å². The summed E-state index contributed by atoms with van der Waals surface area (Å²) in [6.07, 6.45) is -8.48. The Labute approximate surface area is 151 Å². The third-order valence-electron chi connectivity index (χ3n) is 3.67. The topological polar surface area (TPSA) is 93.9 Å². The van der Waals surface area contributed by atoms with E-state index in [-0.39, 0.29) is 32.9 Å². The molecule has 1 unspecified atom stereocenters. The molecular weight excluding hydrogens is 400 g/mol. The van der Waals surface area contributed by atoms with E-state index in [0.717, 1.165) is 4.68 Å². The minimum atomic E-state index is -4.26. The van der Waals surface area contributed by atoms with Crippen LogP contribution in [0.25, 0.3) is 5.69 Å². The molecule has 138 valence electrons. The molecule has 1 aromatic carbocycles. The van der Waals surface area contributed by atoms with Gasteiger partial charge in [-0.1, -0.05) is 18.5 Å². The molecule has 3 rings (SSSR count). The van der Waals surface area contributed by atoms with E-state index in [1.165, 1.54) is 0 Å². The van der Waals surface area contributed by atoms with E-state index < -0.39 is 34.1 Å². The van der Waals surface area contributed by atoms with Gasteiger partial charge in [-0.25, -0.2) is 9.42 Å². The summed E-state index contributed by atoms with van der Waals surface area (Å²) in [6, 6.07) is 2.98. The number of anilines is 1. The number of aromatic nitrogens is 2. The van der Waals surface area contributed by atoms with Crippen LogP contribution in [-0.4, -0.2) is 19.7 Å². The van der Waals surface area contributed by atoms with Crippen LogP contribution in [-0.2, 0) is 27.8 Å². The van der Waals surface area contributed by atoms with E-state index in [4.69, 9.17) is 22.6 Å². The zero-order chi connectivity index (χ0) is 19.4. The molecule has 0 amide bonds. The van der Waals surface area contributed by atoms with Gasteiger partial charge >= 0.3 is 12.2 Å². The predicted molar refractivity (Wildman–Crippen MR) is 83.5 cm³/mol. The van der Waals surface area contributed by atoms with Crippen LogP contribution in [0.3, 0.4) is 0 Å². The first-order valence-electron chi connectivity index (χ1n) is 7.01. The maximum atomic E-state index is 13.8. The summed E-state index contributed by atoms with van der Waals surface area (Å²) >= 11 is 5.94. The van der Waals surface area contributed by atoms with Gasteiger partial charge in [-0.15, -0.1) is 0 Å². The zero-order valence-corrected chi connectivity index (χ0v) is 14.5. The molecule has 2 N–H and O–H groups in total. The molecule has 2 aromatic rings. The predicted octanol–water partition coefficient (Wildman–Crippen LogP) is 3.24. The Morgan fingerprint density at radius 3 is 2.46 bits per heavy atom. The second-order valence-electron chi connectivity index (χ2n) is 5.21. The smallest absolute Gasteiger partial charge is 0.383 e. The second kappa shape index (κ2) is 5.94. The Kier molecular flexibility index (Phi) is 4.25. The number of nitrogens with two attached hydrogens (primary N) is 1. The summed E-state index contributed by atoms with van der Waals surface area (Å²) < 4.78 is 71.2. The van der Waals surface area contributed by atoms with Crippen molar-refractivity contribution in [2.45, 2.75) is 24.0 Å². The Bertz CT molecular complexity index is 986. The lowest BCUT2D eigenvalue weighted by Crippen LogP contribution is -2.17. The van der Waals surface area contributed by atoms with Gasteiger partial charge in [-0.3, -0.25) is 4.21 Å². The number of nitrogens with zero attached hydrogens (tertiary/aromatic N) is 3. The maximum Gasteiger partial charge on any atom is 0.388 e. The number of hydrogen-bond acceptors (Lipinski definition) is 5. The first-order valence-corrected chi connectivity index (χ1v) is 8.70. The van der Waals surface area contributed by atoms with Crippen LogP contribution in [0.1, 0.15) is 23.7 Å². The summed E-state index contributed by atoms with van der Waals surface area (Å²) in [4.78, 5) is -0.0834. The van der Waals surface area contributed by atoms with Crippen molar-refractivity contribution in [1.82, 2.24) is 9.78 Å². The number of ether oxygens (including phenoxy) is 1. The molecular formula is C14H9ClF4N4O2S. The highest BCUT2D eigenvalue weighted by molar-refractivity contribution is 7.85. The zero-order valence-electron chi connectivity index (χ0n) is 12.9. The average Bonchev–Trinajstić information content (AvgIpc) is 2.97. The number of alkyl halides is 4. The van der Waals surface area contributed by atoms with Crippen LogP contribution in [0.4, 0.5) is 23.4 Å². The standard InChI is InChI=1S/C14H9ClF4N4O2S/c1-2-26(24)11-9(5-20)22-23(12(11)21)10-4-7-6(3-8(10)15)13(16,17)25-14(7,18)19/h3-4H,2,21H2,1H3. The monoisotopic (exact) mass is 408 g/mol. The van der Waals surface area contributed by atoms with E-state index in [9.17, 15) is 21.8 Å². The molecule has 0 aliphatic carbocycles. The van der Waals surface area contributed by atoms with Gasteiger partial charge in [0.1, 0.15) is 16.8 Å². The number of benzene rings is 1. The minimum absolute atomic E-state index is 0.0834. The molecule has 1 aromatic heterocycles. The van der Waals surface area contributed by atoms with Crippen molar-refractivity contribution >= 4 is 28.2 Å². The molecule has 0 bridgehead atoms. The largest absolute Gasteiger partial charge is 0.388 e. The lowest BCUT2D eigenvalue weighted by Gasteiger charge is -2.11. The number of fused-ring (bicyclic) bond motifs is 1. The van der Waals surface area contributed by atoms with Crippen LogP contribution < -0.4 is 5.73 Å². The van der Waals surface area contributed by atoms with Crippen LogP contribution in [0, 0.1) is 11.3 Å². The van der Waals surface area contributed by atoms with Crippen molar-refractivity contribution in [3.05, 3.63) is 34.0 Å². The highest BCUT2D eigenvalue weighted by Gasteiger charge is 2.57. The van der Waals surface area contributed by atoms with Crippen molar-refractivity contribution in [2.75, 3.05) is 11.5 Å². The first kappa shape index (κ1) is 18.6. The van der Waals surface area contributed by atoms with E-state index in [1.807, 2.05) is 0 Å². The second-order valence-corrected chi connectivity index (χ2v) is 7.29. The number of hydrogen-bond donors (Lipinski definition) is 1. The van der Waals surface area contributed by atoms with Crippen molar-refractivity contribution in [2.24, 2.45) is 0 Å². The molecule has 0 saturated heterocycles. The lowest BCUT2D eigenvalue weighted by molar-refractivity contribution is -0.369. The van der Waals surface area contributed by atoms with Crippen molar-refractivity contribution in [1.29, 1.82) is 5.26 Å². The van der Waals surface area contributed by atoms with E-state index in [1.54, 1.807) is 13.0 Å². The fourth-order valence-corrected chi connectivity index (χ4v) is 3.67. The molecule has 6 nitrogen and oxygen atoms in total. The highest BCUT2D eigenvalue weighted by atomic mass is 35.5. The summed E-state index contributed by atoms with van der Waals surface area (Å²) in [6.45, 7) is 1.58. The van der Waals surface area contributed by atoms with Gasteiger partial charge in [0.15, 0.2) is 5.69 Å². The van der Waals surface area contributed by atoms with Crippen LogP contribution in [0.5, 0.6) is 0 Å². The molecule has 1 aliphatic rings. The average molecular weight is 409 g/mol. The number of rotatable bonds is 3. The Hall–Kier alpha value is -2.16. The van der Waals surface area contributed by atoms with Crippen molar-refractivity contribution < 1.29 is 26.5 Å². The van der Waals surface area contributed by atoms with E-state index >= 15 is 0 Å². The lowest BCUT2D eigenvalue weighted by atomic mass is 10.1. The molecule has 0 spiro atoms. The summed E-state index contributed by atoms with van der Waals surface area (Å²) in [7, 11) is -1.67. The van der Waals surface area contributed by atoms with Crippen molar-refractivity contribution in [3.8, 4) is 11.8 Å². The molecule has 1 aliphatic heterocycles. The molecule has 2 heterocycles. The summed E-state index contributed by atoms with van der Waals surface area (Å²) in [5, 5.41) is 12.6. The Balaban J connectivity index is 2.27. The van der Waals surface area contributed by atoms with E-state index in [0.29, 0.717) is 12.1 Å². The third-order valence-corrected chi connectivity index (χ3v) is 5.36. The Morgan fingerprint density at radius 1 is 1.35 bits per heavy atom. The quantitative estimate of drug-likeness (QED) is 0.787. The fourth-order valence-electron chi connectivity index (χ4n) is 2.52. The molecule has 0 fully saturated rings. The van der Waals surface area contributed by atoms with E-state index in [2.05, 4.69) is 9.84 Å². The molecule has 1 atom stereocenters. The third kappa shape index (κ3) is 2.65. The Morgan fingerprint density at radius 2 is 1.92 bits per heavy atom. The SMILES string of the molecule is CCS(=O)c1c(C#N)nn(-c2cc3c(cc2Cl)C(F)(F)OC3(F)F)c1N. The van der Waals surface area contributed by atoms with Crippen LogP contribution in [0.2, 0.25) is 5.02 Å². The van der Waals surface area contributed by atoms with Gasteiger partial charge in [-0.05, 0) is 12.1 Å². The normalized spacial score (nSPS) is 18.3. The first-order chi connectivity index (χ1) is 12.0. The molecule has 12 heteroatoms. The summed E-state index contributed by atoms with van der Waals surface area (Å²) in [5.41, 5.74) is 3.10. The number of halogens is 5.